The van der Waals surface area contributed by atoms with Gasteiger partial charge in [-0.05, 0) is 30.2 Å². The molecule has 4 nitrogen and oxygen atoms in total. The summed E-state index contributed by atoms with van der Waals surface area (Å²) in [6.45, 7) is 0. The van der Waals surface area contributed by atoms with Crippen LogP contribution in [-0.4, -0.2) is 17.0 Å². The quantitative estimate of drug-likeness (QED) is 0.678. The van der Waals surface area contributed by atoms with E-state index in [0.29, 0.717) is 11.3 Å². The Morgan fingerprint density at radius 1 is 1.53 bits per heavy atom. The Hall–Kier alpha value is -1.91. The van der Waals surface area contributed by atoms with E-state index in [0.717, 1.165) is 0 Å². The molecule has 0 saturated carbocycles. The molecule has 1 aliphatic rings. The third-order valence-electron chi connectivity index (χ3n) is 2.36. The molecule has 1 atom stereocenters. The average Bonchev–Trinajstić information content (AvgIpc) is 2.17. The van der Waals surface area contributed by atoms with Crippen LogP contribution in [0.1, 0.15) is 5.56 Å². The van der Waals surface area contributed by atoms with Crippen LogP contribution in [0.4, 0.5) is 10.1 Å². The fourth-order valence-electron chi connectivity index (χ4n) is 1.59. The second-order valence-electron chi connectivity index (χ2n) is 3.39. The van der Waals surface area contributed by atoms with Gasteiger partial charge in [-0.3, -0.25) is 9.59 Å². The summed E-state index contributed by atoms with van der Waals surface area (Å²) in [5, 5.41) is 11.2. The Bertz CT molecular complexity index is 444. The van der Waals surface area contributed by atoms with Gasteiger partial charge in [0.1, 0.15) is 11.7 Å². The van der Waals surface area contributed by atoms with Crippen LogP contribution in [0.25, 0.3) is 0 Å². The summed E-state index contributed by atoms with van der Waals surface area (Å²) in [5.74, 6) is -3.31. The van der Waals surface area contributed by atoms with Crippen molar-refractivity contribution in [2.24, 2.45) is 5.92 Å². The van der Waals surface area contributed by atoms with Gasteiger partial charge in [0.15, 0.2) is 0 Å². The standard InChI is InChI=1S/C10H8FNO3/c11-6-1-2-8-5(3-6)4-7(10(14)15)9(13)12-8/h1-3,7H,4H2,(H,12,13)(H,14,15). The van der Waals surface area contributed by atoms with Gasteiger partial charge in [-0.2, -0.15) is 0 Å². The summed E-state index contributed by atoms with van der Waals surface area (Å²) in [7, 11) is 0. The SMILES string of the molecule is O=C(O)C1Cc2cc(F)ccc2NC1=O. The lowest BCUT2D eigenvalue weighted by atomic mass is 9.93. The van der Waals surface area contributed by atoms with Gasteiger partial charge in [-0.15, -0.1) is 0 Å². The molecule has 1 aromatic carbocycles. The molecule has 1 aliphatic heterocycles. The molecular weight excluding hydrogens is 201 g/mol. The molecule has 1 aromatic rings. The molecule has 2 rings (SSSR count). The first-order chi connectivity index (χ1) is 7.08. The predicted molar refractivity (Wildman–Crippen MR) is 49.9 cm³/mol. The van der Waals surface area contributed by atoms with Gasteiger partial charge in [-0.25, -0.2) is 4.39 Å². The predicted octanol–water partition coefficient (Wildman–Crippen LogP) is 1.02. The summed E-state index contributed by atoms with van der Waals surface area (Å²) >= 11 is 0. The van der Waals surface area contributed by atoms with Crippen molar-refractivity contribution in [1.82, 2.24) is 0 Å². The number of nitrogens with one attached hydrogen (secondary N) is 1. The van der Waals surface area contributed by atoms with Crippen molar-refractivity contribution in [3.05, 3.63) is 29.6 Å². The van der Waals surface area contributed by atoms with E-state index in [4.69, 9.17) is 5.11 Å². The van der Waals surface area contributed by atoms with Crippen molar-refractivity contribution in [1.29, 1.82) is 0 Å². The van der Waals surface area contributed by atoms with Crippen LogP contribution in [0.3, 0.4) is 0 Å². The molecule has 1 amide bonds. The lowest BCUT2D eigenvalue weighted by molar-refractivity contribution is -0.145. The fourth-order valence-corrected chi connectivity index (χ4v) is 1.59. The number of fused-ring (bicyclic) bond motifs is 1. The van der Waals surface area contributed by atoms with E-state index in [2.05, 4.69) is 5.32 Å². The minimum atomic E-state index is -1.19. The normalized spacial score (nSPS) is 19.3. The number of anilines is 1. The van der Waals surface area contributed by atoms with Crippen molar-refractivity contribution in [2.75, 3.05) is 5.32 Å². The number of rotatable bonds is 1. The fraction of sp³-hybridized carbons (Fsp3) is 0.200. The highest BCUT2D eigenvalue weighted by Crippen LogP contribution is 2.26. The van der Waals surface area contributed by atoms with Crippen LogP contribution < -0.4 is 5.32 Å². The maximum atomic E-state index is 12.9. The summed E-state index contributed by atoms with van der Waals surface area (Å²) in [5.41, 5.74) is 1.00. The monoisotopic (exact) mass is 209 g/mol. The number of carbonyl (C=O) groups excluding carboxylic acids is 1. The number of halogens is 1. The van der Waals surface area contributed by atoms with Crippen molar-refractivity contribution in [2.45, 2.75) is 6.42 Å². The van der Waals surface area contributed by atoms with Crippen molar-refractivity contribution >= 4 is 17.6 Å². The van der Waals surface area contributed by atoms with Crippen molar-refractivity contribution in [3.63, 3.8) is 0 Å². The molecule has 0 bridgehead atoms. The second kappa shape index (κ2) is 3.34. The van der Waals surface area contributed by atoms with Gasteiger partial charge >= 0.3 is 5.97 Å². The molecule has 0 radical (unpaired) electrons. The molecule has 2 N–H and O–H groups in total. The Morgan fingerprint density at radius 3 is 2.93 bits per heavy atom. The summed E-state index contributed by atoms with van der Waals surface area (Å²) in [4.78, 5) is 22.0. The van der Waals surface area contributed by atoms with Crippen LogP contribution in [0.15, 0.2) is 18.2 Å². The maximum Gasteiger partial charge on any atom is 0.316 e. The molecule has 0 spiro atoms. The number of carboxylic acid groups (broad SMARTS) is 1. The minimum Gasteiger partial charge on any atom is -0.481 e. The molecule has 0 aromatic heterocycles. The number of aliphatic carboxylic acids is 1. The van der Waals surface area contributed by atoms with Crippen LogP contribution in [0.2, 0.25) is 0 Å². The lowest BCUT2D eigenvalue weighted by Crippen LogP contribution is -2.35. The first kappa shape index (κ1) is 9.64. The van der Waals surface area contributed by atoms with Crippen molar-refractivity contribution < 1.29 is 19.1 Å². The van der Waals surface area contributed by atoms with Gasteiger partial charge in [-0.1, -0.05) is 0 Å². The zero-order valence-electron chi connectivity index (χ0n) is 7.66. The van der Waals surface area contributed by atoms with Gasteiger partial charge < -0.3 is 10.4 Å². The Morgan fingerprint density at radius 2 is 2.27 bits per heavy atom. The molecule has 5 heteroatoms. The Balaban J connectivity index is 2.39. The first-order valence-corrected chi connectivity index (χ1v) is 4.40. The molecule has 78 valence electrons. The Kier molecular flexibility index (Phi) is 2.15. The number of carboxylic acids is 1. The first-order valence-electron chi connectivity index (χ1n) is 4.40. The molecule has 0 aliphatic carbocycles. The van der Waals surface area contributed by atoms with E-state index >= 15 is 0 Å². The van der Waals surface area contributed by atoms with Crippen LogP contribution in [-0.2, 0) is 16.0 Å². The summed E-state index contributed by atoms with van der Waals surface area (Å²) in [6, 6.07) is 3.89. The maximum absolute atomic E-state index is 12.9. The van der Waals surface area contributed by atoms with Crippen LogP contribution in [0, 0.1) is 11.7 Å². The molecule has 1 heterocycles. The number of carbonyl (C=O) groups is 2. The topological polar surface area (TPSA) is 66.4 Å². The van der Waals surface area contributed by atoms with Crippen molar-refractivity contribution in [3.8, 4) is 0 Å². The summed E-state index contributed by atoms with van der Waals surface area (Å²) in [6.07, 6.45) is 0.0360. The zero-order valence-corrected chi connectivity index (χ0v) is 7.66. The third kappa shape index (κ3) is 1.68. The van der Waals surface area contributed by atoms with Crippen LogP contribution in [0.5, 0.6) is 0 Å². The highest BCUT2D eigenvalue weighted by atomic mass is 19.1. The molecule has 15 heavy (non-hydrogen) atoms. The third-order valence-corrected chi connectivity index (χ3v) is 2.36. The van der Waals surface area contributed by atoms with Gasteiger partial charge in [0.05, 0.1) is 0 Å². The number of amides is 1. The second-order valence-corrected chi connectivity index (χ2v) is 3.39. The molecular formula is C10H8FNO3. The summed E-state index contributed by atoms with van der Waals surface area (Å²) < 4.78 is 12.9. The lowest BCUT2D eigenvalue weighted by Gasteiger charge is -2.21. The molecule has 0 fully saturated rings. The van der Waals surface area contributed by atoms with E-state index in [9.17, 15) is 14.0 Å². The highest BCUT2D eigenvalue weighted by molar-refractivity contribution is 6.06. The number of hydrogen-bond donors (Lipinski definition) is 2. The number of hydrogen-bond acceptors (Lipinski definition) is 2. The zero-order chi connectivity index (χ0) is 11.0. The Labute approximate surface area is 84.7 Å². The molecule has 0 saturated heterocycles. The smallest absolute Gasteiger partial charge is 0.316 e. The minimum absolute atomic E-state index is 0.0360. The van der Waals surface area contributed by atoms with Crippen LogP contribution >= 0.6 is 0 Å². The molecule has 1 unspecified atom stereocenters. The van der Waals surface area contributed by atoms with Gasteiger partial charge in [0, 0.05) is 5.69 Å². The largest absolute Gasteiger partial charge is 0.481 e. The van der Waals surface area contributed by atoms with E-state index in [1.54, 1.807) is 0 Å². The van der Waals surface area contributed by atoms with E-state index in [1.165, 1.54) is 18.2 Å². The van der Waals surface area contributed by atoms with E-state index in [-0.39, 0.29) is 6.42 Å². The van der Waals surface area contributed by atoms with Gasteiger partial charge in [0.2, 0.25) is 5.91 Å². The van der Waals surface area contributed by atoms with E-state index < -0.39 is 23.6 Å². The highest BCUT2D eigenvalue weighted by Gasteiger charge is 2.31. The number of benzene rings is 1. The van der Waals surface area contributed by atoms with E-state index in [1.807, 2.05) is 0 Å². The van der Waals surface area contributed by atoms with Gasteiger partial charge in [0.25, 0.3) is 0 Å². The average molecular weight is 209 g/mol.